The van der Waals surface area contributed by atoms with Gasteiger partial charge in [-0.05, 0) is 12.1 Å². The first-order valence-corrected chi connectivity index (χ1v) is 4.79. The fourth-order valence-electron chi connectivity index (χ4n) is 1.04. The molecule has 82 valence electrons. The summed E-state index contributed by atoms with van der Waals surface area (Å²) in [6.45, 7) is -0.181. The largest absolute Gasteiger partial charge is 0.497 e. The van der Waals surface area contributed by atoms with Crippen molar-refractivity contribution in [2.45, 2.75) is 6.42 Å². The van der Waals surface area contributed by atoms with Gasteiger partial charge in [-0.2, -0.15) is 0 Å². The summed E-state index contributed by atoms with van der Waals surface area (Å²) in [5.74, 6) is 0.352. The number of ether oxygens (including phenoxy) is 1. The van der Waals surface area contributed by atoms with Gasteiger partial charge in [0, 0.05) is 6.07 Å². The van der Waals surface area contributed by atoms with Gasteiger partial charge in [-0.3, -0.25) is 4.79 Å². The normalized spacial score (nSPS) is 9.80. The molecular formula is C10H12ClNO3. The molecule has 0 spiro atoms. The van der Waals surface area contributed by atoms with Gasteiger partial charge in [-0.1, -0.05) is 11.6 Å². The summed E-state index contributed by atoms with van der Waals surface area (Å²) >= 11 is 5.90. The maximum atomic E-state index is 11.2. The fraction of sp³-hybridized carbons (Fsp3) is 0.300. The van der Waals surface area contributed by atoms with Crippen LogP contribution in [0.15, 0.2) is 18.2 Å². The van der Waals surface area contributed by atoms with Crippen molar-refractivity contribution in [3.8, 4) is 5.75 Å². The molecule has 5 heteroatoms. The van der Waals surface area contributed by atoms with E-state index in [2.05, 4.69) is 5.32 Å². The maximum Gasteiger partial charge on any atom is 0.226 e. The van der Waals surface area contributed by atoms with Crippen molar-refractivity contribution in [1.29, 1.82) is 0 Å². The molecule has 0 unspecified atom stereocenters. The third kappa shape index (κ3) is 3.42. The van der Waals surface area contributed by atoms with Crippen molar-refractivity contribution >= 4 is 23.2 Å². The van der Waals surface area contributed by atoms with E-state index in [1.165, 1.54) is 7.11 Å². The lowest BCUT2D eigenvalue weighted by molar-refractivity contribution is -0.116. The molecule has 15 heavy (non-hydrogen) atoms. The maximum absolute atomic E-state index is 11.2. The number of methoxy groups -OCH3 is 1. The highest BCUT2D eigenvalue weighted by Gasteiger charge is 2.05. The van der Waals surface area contributed by atoms with Gasteiger partial charge in [-0.25, -0.2) is 0 Å². The van der Waals surface area contributed by atoms with Crippen LogP contribution in [0.5, 0.6) is 5.75 Å². The molecule has 1 aromatic rings. The molecule has 0 fully saturated rings. The summed E-state index contributed by atoms with van der Waals surface area (Å²) in [5.41, 5.74) is 0.510. The number of aliphatic hydroxyl groups is 1. The molecule has 0 radical (unpaired) electrons. The molecule has 0 heterocycles. The van der Waals surface area contributed by atoms with Gasteiger partial charge >= 0.3 is 0 Å². The number of hydrogen-bond donors (Lipinski definition) is 2. The van der Waals surface area contributed by atoms with E-state index in [1.54, 1.807) is 18.2 Å². The number of hydrogen-bond acceptors (Lipinski definition) is 3. The molecule has 0 saturated carbocycles. The second-order valence-corrected chi connectivity index (χ2v) is 3.27. The predicted octanol–water partition coefficient (Wildman–Crippen LogP) is 1.67. The van der Waals surface area contributed by atoms with Gasteiger partial charge < -0.3 is 15.2 Å². The lowest BCUT2D eigenvalue weighted by Gasteiger charge is -2.07. The van der Waals surface area contributed by atoms with Crippen LogP contribution in [0.3, 0.4) is 0 Å². The zero-order valence-electron chi connectivity index (χ0n) is 8.29. The highest BCUT2D eigenvalue weighted by atomic mass is 35.5. The van der Waals surface area contributed by atoms with Crippen molar-refractivity contribution in [3.63, 3.8) is 0 Å². The van der Waals surface area contributed by atoms with Crippen LogP contribution in [0.1, 0.15) is 6.42 Å². The van der Waals surface area contributed by atoms with Gasteiger partial charge in [-0.15, -0.1) is 0 Å². The lowest BCUT2D eigenvalue weighted by Crippen LogP contribution is -2.13. The minimum atomic E-state index is -0.274. The predicted molar refractivity (Wildman–Crippen MR) is 58.3 cm³/mol. The average molecular weight is 230 g/mol. The van der Waals surface area contributed by atoms with Crippen LogP contribution in [0.4, 0.5) is 5.69 Å². The number of nitrogens with one attached hydrogen (secondary N) is 1. The first-order chi connectivity index (χ1) is 7.17. The first kappa shape index (κ1) is 11.8. The SMILES string of the molecule is COc1ccc(NC(=O)CCO)c(Cl)c1. The zero-order chi connectivity index (χ0) is 11.3. The summed E-state index contributed by atoms with van der Waals surface area (Å²) in [6, 6.07) is 4.95. The van der Waals surface area contributed by atoms with E-state index in [1.807, 2.05) is 0 Å². The van der Waals surface area contributed by atoms with Crippen molar-refractivity contribution in [1.82, 2.24) is 0 Å². The number of aliphatic hydroxyl groups excluding tert-OH is 1. The topological polar surface area (TPSA) is 58.6 Å². The van der Waals surface area contributed by atoms with E-state index in [0.29, 0.717) is 16.5 Å². The third-order valence-corrected chi connectivity index (χ3v) is 2.10. The standard InChI is InChI=1S/C10H12ClNO3/c1-15-7-2-3-9(8(11)6-7)12-10(14)4-5-13/h2-3,6,13H,4-5H2,1H3,(H,12,14). The molecule has 2 N–H and O–H groups in total. The Kier molecular flexibility index (Phi) is 4.39. The van der Waals surface area contributed by atoms with E-state index in [4.69, 9.17) is 21.4 Å². The molecule has 0 aliphatic rings. The summed E-state index contributed by atoms with van der Waals surface area (Å²) < 4.78 is 4.97. The number of carbonyl (C=O) groups excluding carboxylic acids is 1. The Bertz CT molecular complexity index is 355. The minimum absolute atomic E-state index is 0.0579. The van der Waals surface area contributed by atoms with Gasteiger partial charge in [0.25, 0.3) is 0 Å². The van der Waals surface area contributed by atoms with E-state index in [-0.39, 0.29) is 18.9 Å². The Hall–Kier alpha value is -1.26. The zero-order valence-corrected chi connectivity index (χ0v) is 9.04. The van der Waals surface area contributed by atoms with Crippen LogP contribution in [-0.2, 0) is 4.79 Å². The minimum Gasteiger partial charge on any atom is -0.497 e. The van der Waals surface area contributed by atoms with Gasteiger partial charge in [0.05, 0.1) is 30.8 Å². The second-order valence-electron chi connectivity index (χ2n) is 2.87. The van der Waals surface area contributed by atoms with Crippen molar-refractivity contribution in [3.05, 3.63) is 23.2 Å². The highest BCUT2D eigenvalue weighted by molar-refractivity contribution is 6.33. The summed E-state index contributed by atoms with van der Waals surface area (Å²) in [7, 11) is 1.54. The second kappa shape index (κ2) is 5.58. The summed E-state index contributed by atoms with van der Waals surface area (Å²) in [5, 5.41) is 11.5. The molecular weight excluding hydrogens is 218 g/mol. The molecule has 1 amide bonds. The number of carbonyl (C=O) groups is 1. The number of anilines is 1. The molecule has 0 atom stereocenters. The van der Waals surface area contributed by atoms with E-state index >= 15 is 0 Å². The van der Waals surface area contributed by atoms with Gasteiger partial charge in [0.1, 0.15) is 5.75 Å². The molecule has 0 bridgehead atoms. The van der Waals surface area contributed by atoms with Crippen LogP contribution in [0.2, 0.25) is 5.02 Å². The van der Waals surface area contributed by atoms with Crippen LogP contribution in [0, 0.1) is 0 Å². The first-order valence-electron chi connectivity index (χ1n) is 4.41. The lowest BCUT2D eigenvalue weighted by atomic mass is 10.3. The van der Waals surface area contributed by atoms with Crippen molar-refractivity contribution in [2.75, 3.05) is 19.0 Å². The number of halogens is 1. The van der Waals surface area contributed by atoms with E-state index in [9.17, 15) is 4.79 Å². The number of benzene rings is 1. The molecule has 0 saturated heterocycles. The van der Waals surface area contributed by atoms with Crippen molar-refractivity contribution in [2.24, 2.45) is 0 Å². The molecule has 0 aromatic heterocycles. The number of amides is 1. The summed E-state index contributed by atoms with van der Waals surface area (Å²) in [4.78, 5) is 11.2. The van der Waals surface area contributed by atoms with E-state index in [0.717, 1.165) is 0 Å². The number of rotatable bonds is 4. The Morgan fingerprint density at radius 3 is 2.87 bits per heavy atom. The Labute approximate surface area is 92.8 Å². The van der Waals surface area contributed by atoms with E-state index < -0.39 is 0 Å². The van der Waals surface area contributed by atoms with Crippen LogP contribution in [-0.4, -0.2) is 24.7 Å². The molecule has 4 nitrogen and oxygen atoms in total. The third-order valence-electron chi connectivity index (χ3n) is 1.79. The van der Waals surface area contributed by atoms with Crippen LogP contribution >= 0.6 is 11.6 Å². The summed E-state index contributed by atoms with van der Waals surface area (Å²) in [6.07, 6.45) is 0.0579. The smallest absolute Gasteiger partial charge is 0.226 e. The quantitative estimate of drug-likeness (QED) is 0.826. The molecule has 0 aliphatic carbocycles. The van der Waals surface area contributed by atoms with Crippen LogP contribution in [0.25, 0.3) is 0 Å². The molecule has 1 aromatic carbocycles. The van der Waals surface area contributed by atoms with Crippen molar-refractivity contribution < 1.29 is 14.6 Å². The Balaban J connectivity index is 2.73. The average Bonchev–Trinajstić information content (AvgIpc) is 2.21. The fourth-order valence-corrected chi connectivity index (χ4v) is 1.26. The van der Waals surface area contributed by atoms with Crippen LogP contribution < -0.4 is 10.1 Å². The Morgan fingerprint density at radius 2 is 2.33 bits per heavy atom. The molecule has 0 aliphatic heterocycles. The monoisotopic (exact) mass is 229 g/mol. The highest BCUT2D eigenvalue weighted by Crippen LogP contribution is 2.26. The Morgan fingerprint density at radius 1 is 1.60 bits per heavy atom. The van der Waals surface area contributed by atoms with Gasteiger partial charge in [0.2, 0.25) is 5.91 Å². The molecule has 1 rings (SSSR count). The van der Waals surface area contributed by atoms with Gasteiger partial charge in [0.15, 0.2) is 0 Å².